The smallest absolute Gasteiger partial charge is 0.392 e. The predicted octanol–water partition coefficient (Wildman–Crippen LogP) is 4.16. The molecule has 0 radical (unpaired) electrons. The van der Waals surface area contributed by atoms with E-state index in [0.29, 0.717) is 17.8 Å². The summed E-state index contributed by atoms with van der Waals surface area (Å²) >= 11 is 0. The third-order valence-corrected chi connectivity index (χ3v) is 4.59. The van der Waals surface area contributed by atoms with Gasteiger partial charge in [-0.1, -0.05) is 31.0 Å². The number of nitrogens with zero attached hydrogens (tertiary/aromatic N) is 1. The number of hydrogen-bond acceptors (Lipinski definition) is 3. The van der Waals surface area contributed by atoms with Gasteiger partial charge in [0.25, 0.3) is 0 Å². The number of rotatable bonds is 4. The van der Waals surface area contributed by atoms with Crippen LogP contribution in [0.3, 0.4) is 0 Å². The summed E-state index contributed by atoms with van der Waals surface area (Å²) in [5.74, 6) is 0. The maximum atomic E-state index is 12.7. The lowest BCUT2D eigenvalue weighted by Crippen LogP contribution is -2.41. The van der Waals surface area contributed by atoms with Gasteiger partial charge in [0, 0.05) is 18.2 Å². The number of halogens is 3. The molecule has 0 unspecified atom stereocenters. The minimum atomic E-state index is -4.33. The van der Waals surface area contributed by atoms with Crippen molar-refractivity contribution < 1.29 is 18.3 Å². The molecule has 0 spiro atoms. The summed E-state index contributed by atoms with van der Waals surface area (Å²) in [5, 5.41) is 13.3. The van der Waals surface area contributed by atoms with E-state index in [1.807, 2.05) is 12.1 Å². The first-order chi connectivity index (χ1) is 11.9. The Labute approximate surface area is 144 Å². The average Bonchev–Trinajstić information content (AvgIpc) is 2.61. The van der Waals surface area contributed by atoms with E-state index in [4.69, 9.17) is 0 Å². The molecule has 1 fully saturated rings. The maximum Gasteiger partial charge on any atom is 0.416 e. The van der Waals surface area contributed by atoms with Crippen molar-refractivity contribution in [2.45, 2.75) is 50.6 Å². The zero-order chi connectivity index (χ0) is 17.9. The minimum Gasteiger partial charge on any atom is -0.392 e. The van der Waals surface area contributed by atoms with Crippen molar-refractivity contribution in [3.8, 4) is 11.3 Å². The highest BCUT2D eigenvalue weighted by Gasteiger charge is 2.30. The zero-order valence-corrected chi connectivity index (χ0v) is 13.8. The number of alkyl halides is 3. The number of hydrogen-bond donors (Lipinski definition) is 2. The normalized spacial score (nSPS) is 21.3. The Balaban J connectivity index is 1.68. The van der Waals surface area contributed by atoms with Gasteiger partial charge in [0.2, 0.25) is 0 Å². The number of pyridine rings is 1. The standard InChI is InChI=1S/C19H21F3N2O/c20-19(21,22)14-10-8-13(9-11-14)16-6-3-4-15(24-16)12-23-17-5-1-2-7-18(17)25/h3-4,6,8-11,17-18,23,25H,1-2,5,7,12H2/t17-,18-/m1/s1. The molecule has 6 heteroatoms. The summed E-state index contributed by atoms with van der Waals surface area (Å²) in [6.45, 7) is 0.524. The fourth-order valence-electron chi connectivity index (χ4n) is 3.15. The molecule has 25 heavy (non-hydrogen) atoms. The van der Waals surface area contributed by atoms with Crippen LogP contribution in [0.5, 0.6) is 0 Å². The highest BCUT2D eigenvalue weighted by molar-refractivity contribution is 5.59. The summed E-state index contributed by atoms with van der Waals surface area (Å²) in [6, 6.07) is 10.6. The number of nitrogens with one attached hydrogen (secondary N) is 1. The van der Waals surface area contributed by atoms with Crippen molar-refractivity contribution in [1.29, 1.82) is 0 Å². The molecule has 3 nitrogen and oxygen atoms in total. The molecule has 1 saturated carbocycles. The maximum absolute atomic E-state index is 12.7. The Morgan fingerprint density at radius 2 is 1.76 bits per heavy atom. The monoisotopic (exact) mass is 350 g/mol. The minimum absolute atomic E-state index is 0.0743. The zero-order valence-electron chi connectivity index (χ0n) is 13.8. The summed E-state index contributed by atoms with van der Waals surface area (Å²) in [5.41, 5.74) is 1.42. The van der Waals surface area contributed by atoms with Gasteiger partial charge in [0.1, 0.15) is 0 Å². The first kappa shape index (κ1) is 17.9. The van der Waals surface area contributed by atoms with Gasteiger partial charge in [-0.3, -0.25) is 4.98 Å². The molecule has 2 atom stereocenters. The van der Waals surface area contributed by atoms with E-state index in [2.05, 4.69) is 10.3 Å². The summed E-state index contributed by atoms with van der Waals surface area (Å²) in [6.07, 6.45) is -0.740. The van der Waals surface area contributed by atoms with Crippen molar-refractivity contribution in [3.63, 3.8) is 0 Å². The Kier molecular flexibility index (Phi) is 5.39. The molecule has 0 amide bonds. The lowest BCUT2D eigenvalue weighted by molar-refractivity contribution is -0.137. The van der Waals surface area contributed by atoms with Gasteiger partial charge in [-0.25, -0.2) is 0 Å². The van der Waals surface area contributed by atoms with Crippen LogP contribution in [-0.4, -0.2) is 22.2 Å². The molecule has 2 aromatic rings. The molecule has 0 bridgehead atoms. The van der Waals surface area contributed by atoms with Gasteiger partial charge in [0.15, 0.2) is 0 Å². The topological polar surface area (TPSA) is 45.1 Å². The molecule has 0 saturated heterocycles. The highest BCUT2D eigenvalue weighted by atomic mass is 19.4. The molecule has 0 aliphatic heterocycles. The Morgan fingerprint density at radius 1 is 1.04 bits per heavy atom. The number of aliphatic hydroxyl groups is 1. The molecule has 1 aliphatic rings. The summed E-state index contributed by atoms with van der Waals surface area (Å²) in [4.78, 5) is 4.52. The van der Waals surface area contributed by atoms with Gasteiger partial charge < -0.3 is 10.4 Å². The van der Waals surface area contributed by atoms with Gasteiger partial charge in [-0.15, -0.1) is 0 Å². The fourth-order valence-corrected chi connectivity index (χ4v) is 3.15. The SMILES string of the molecule is O[C@@H]1CCCC[C@H]1NCc1cccc(-c2ccc(C(F)(F)F)cc2)n1. The number of aliphatic hydroxyl groups excluding tert-OH is 1. The van der Waals surface area contributed by atoms with Crippen molar-refractivity contribution >= 4 is 0 Å². The van der Waals surface area contributed by atoms with E-state index < -0.39 is 11.7 Å². The van der Waals surface area contributed by atoms with Crippen LogP contribution >= 0.6 is 0 Å². The predicted molar refractivity (Wildman–Crippen MR) is 89.8 cm³/mol. The van der Waals surface area contributed by atoms with Crippen LogP contribution in [-0.2, 0) is 12.7 Å². The van der Waals surface area contributed by atoms with Crippen LogP contribution in [0.1, 0.15) is 36.9 Å². The van der Waals surface area contributed by atoms with E-state index >= 15 is 0 Å². The van der Waals surface area contributed by atoms with E-state index in [1.54, 1.807) is 6.07 Å². The van der Waals surface area contributed by atoms with Crippen molar-refractivity contribution in [2.24, 2.45) is 0 Å². The average molecular weight is 350 g/mol. The quantitative estimate of drug-likeness (QED) is 0.870. The van der Waals surface area contributed by atoms with Crippen LogP contribution in [0.4, 0.5) is 13.2 Å². The van der Waals surface area contributed by atoms with E-state index in [-0.39, 0.29) is 12.1 Å². The Morgan fingerprint density at radius 3 is 2.44 bits per heavy atom. The Hall–Kier alpha value is -1.92. The molecular weight excluding hydrogens is 329 g/mol. The summed E-state index contributed by atoms with van der Waals surface area (Å²) < 4.78 is 38.0. The second-order valence-corrected chi connectivity index (χ2v) is 6.43. The first-order valence-electron chi connectivity index (χ1n) is 8.48. The van der Waals surface area contributed by atoms with E-state index in [9.17, 15) is 18.3 Å². The molecule has 1 aromatic heterocycles. The van der Waals surface area contributed by atoms with E-state index in [0.717, 1.165) is 43.5 Å². The van der Waals surface area contributed by atoms with Gasteiger partial charge >= 0.3 is 6.18 Å². The van der Waals surface area contributed by atoms with Crippen LogP contribution in [0.15, 0.2) is 42.5 Å². The first-order valence-corrected chi connectivity index (χ1v) is 8.48. The molecular formula is C19H21F3N2O. The summed E-state index contributed by atoms with van der Waals surface area (Å²) in [7, 11) is 0. The molecule has 2 N–H and O–H groups in total. The third-order valence-electron chi connectivity index (χ3n) is 4.59. The molecule has 134 valence electrons. The number of benzene rings is 1. The van der Waals surface area contributed by atoms with E-state index in [1.165, 1.54) is 12.1 Å². The van der Waals surface area contributed by atoms with Crippen LogP contribution in [0.2, 0.25) is 0 Å². The lowest BCUT2D eigenvalue weighted by atomic mass is 9.92. The third kappa shape index (κ3) is 4.58. The van der Waals surface area contributed by atoms with Crippen molar-refractivity contribution in [3.05, 3.63) is 53.7 Å². The lowest BCUT2D eigenvalue weighted by Gasteiger charge is -2.28. The largest absolute Gasteiger partial charge is 0.416 e. The van der Waals surface area contributed by atoms with Crippen LogP contribution in [0, 0.1) is 0 Å². The molecule has 1 aromatic carbocycles. The molecule has 3 rings (SSSR count). The fraction of sp³-hybridized carbons (Fsp3) is 0.421. The second kappa shape index (κ2) is 7.54. The number of aromatic nitrogens is 1. The van der Waals surface area contributed by atoms with Crippen LogP contribution < -0.4 is 5.32 Å². The van der Waals surface area contributed by atoms with Gasteiger partial charge in [-0.2, -0.15) is 13.2 Å². The second-order valence-electron chi connectivity index (χ2n) is 6.43. The Bertz CT molecular complexity index is 701. The van der Waals surface area contributed by atoms with Crippen LogP contribution in [0.25, 0.3) is 11.3 Å². The highest BCUT2D eigenvalue weighted by Crippen LogP contribution is 2.30. The van der Waals surface area contributed by atoms with Gasteiger partial charge in [-0.05, 0) is 37.1 Å². The van der Waals surface area contributed by atoms with Crippen molar-refractivity contribution in [1.82, 2.24) is 10.3 Å². The molecule has 1 heterocycles. The van der Waals surface area contributed by atoms with Crippen molar-refractivity contribution in [2.75, 3.05) is 0 Å². The molecule has 1 aliphatic carbocycles. The van der Waals surface area contributed by atoms with Gasteiger partial charge in [0.05, 0.1) is 23.1 Å².